The van der Waals surface area contributed by atoms with Crippen molar-refractivity contribution in [3.8, 4) is 9.88 Å². The highest BCUT2D eigenvalue weighted by molar-refractivity contribution is 7.26. The van der Waals surface area contributed by atoms with Gasteiger partial charge in [-0.3, -0.25) is 4.79 Å². The highest BCUT2D eigenvalue weighted by Gasteiger charge is 2.38. The molecule has 7 heteroatoms. The molecule has 0 saturated carbocycles. The van der Waals surface area contributed by atoms with E-state index in [1.807, 2.05) is 35.2 Å². The van der Waals surface area contributed by atoms with Gasteiger partial charge >= 0.3 is 0 Å². The molecule has 5 rings (SSSR count). The van der Waals surface area contributed by atoms with Gasteiger partial charge in [-0.25, -0.2) is 4.98 Å². The number of thiazole rings is 1. The third-order valence-electron chi connectivity index (χ3n) is 5.00. The minimum atomic E-state index is 0. The predicted molar refractivity (Wildman–Crippen MR) is 106 cm³/mol. The zero-order valence-electron chi connectivity index (χ0n) is 13.5. The normalized spacial score (nSPS) is 22.2. The van der Waals surface area contributed by atoms with Gasteiger partial charge in [-0.15, -0.1) is 35.1 Å². The Labute approximate surface area is 160 Å². The van der Waals surface area contributed by atoms with Crippen LogP contribution in [0.3, 0.4) is 0 Å². The largest absolute Gasteiger partial charge is 0.337 e. The second-order valence-electron chi connectivity index (χ2n) is 6.54. The zero-order valence-corrected chi connectivity index (χ0v) is 15.9. The second kappa shape index (κ2) is 6.68. The average Bonchev–Trinajstić information content (AvgIpc) is 3.34. The lowest BCUT2D eigenvalue weighted by molar-refractivity contribution is 0.0786. The quantitative estimate of drug-likeness (QED) is 0.723. The molecule has 2 aromatic heterocycles. The van der Waals surface area contributed by atoms with Crippen LogP contribution < -0.4 is 5.32 Å². The molecule has 3 aromatic rings. The van der Waals surface area contributed by atoms with Gasteiger partial charge in [-0.2, -0.15) is 0 Å². The Bertz CT molecular complexity index is 877. The number of nitrogens with one attached hydrogen (secondary N) is 1. The molecule has 0 spiro atoms. The summed E-state index contributed by atoms with van der Waals surface area (Å²) in [5, 5.41) is 4.42. The lowest BCUT2D eigenvalue weighted by Crippen LogP contribution is -2.31. The molecule has 0 radical (unpaired) electrons. The van der Waals surface area contributed by atoms with E-state index in [2.05, 4.69) is 11.4 Å². The predicted octanol–water partition coefficient (Wildman–Crippen LogP) is 3.74. The topological polar surface area (TPSA) is 45.2 Å². The first-order valence-electron chi connectivity index (χ1n) is 8.24. The summed E-state index contributed by atoms with van der Waals surface area (Å²) in [5.74, 6) is 1.46. The number of amides is 1. The van der Waals surface area contributed by atoms with E-state index in [4.69, 9.17) is 4.98 Å². The Morgan fingerprint density at radius 3 is 2.60 bits per heavy atom. The molecule has 0 aliphatic carbocycles. The molecule has 2 saturated heterocycles. The number of nitrogens with zero attached hydrogens (tertiary/aromatic N) is 2. The maximum Gasteiger partial charge on any atom is 0.263 e. The molecule has 1 amide bonds. The van der Waals surface area contributed by atoms with Crippen LogP contribution >= 0.6 is 35.1 Å². The fraction of sp³-hybridized carbons (Fsp3) is 0.333. The van der Waals surface area contributed by atoms with Gasteiger partial charge in [-0.05, 0) is 36.1 Å². The third-order valence-corrected chi connectivity index (χ3v) is 7.28. The van der Waals surface area contributed by atoms with Crippen LogP contribution in [0.2, 0.25) is 0 Å². The molecule has 2 fully saturated rings. The second-order valence-corrected chi connectivity index (χ2v) is 8.65. The van der Waals surface area contributed by atoms with Crippen molar-refractivity contribution in [2.24, 2.45) is 11.8 Å². The van der Waals surface area contributed by atoms with E-state index in [1.165, 1.54) is 4.70 Å². The SMILES string of the molecule is Cl.O=C(c1ccc(-c2nc3ccccc3s2)s1)N1C[C@H]2CNC[C@H]2C1. The summed E-state index contributed by atoms with van der Waals surface area (Å²) in [6, 6.07) is 12.2. The van der Waals surface area contributed by atoms with Crippen LogP contribution in [0.1, 0.15) is 9.67 Å². The summed E-state index contributed by atoms with van der Waals surface area (Å²) in [4.78, 5) is 21.4. The Kier molecular flexibility index (Phi) is 4.54. The van der Waals surface area contributed by atoms with E-state index in [0.717, 1.165) is 46.5 Å². The Balaban J connectivity index is 0.00000157. The monoisotopic (exact) mass is 391 g/mol. The fourth-order valence-corrected chi connectivity index (χ4v) is 5.72. The molecule has 1 N–H and O–H groups in total. The molecule has 4 heterocycles. The van der Waals surface area contributed by atoms with E-state index in [9.17, 15) is 4.79 Å². The van der Waals surface area contributed by atoms with Crippen molar-refractivity contribution in [2.45, 2.75) is 0 Å². The molecular formula is C18H18ClN3OS2. The van der Waals surface area contributed by atoms with Crippen molar-refractivity contribution < 1.29 is 4.79 Å². The summed E-state index contributed by atoms with van der Waals surface area (Å²) in [6.45, 7) is 3.89. The summed E-state index contributed by atoms with van der Waals surface area (Å²) in [6.07, 6.45) is 0. The van der Waals surface area contributed by atoms with Crippen molar-refractivity contribution in [1.29, 1.82) is 0 Å². The Hall–Kier alpha value is -1.47. The summed E-state index contributed by atoms with van der Waals surface area (Å²) >= 11 is 3.25. The smallest absolute Gasteiger partial charge is 0.263 e. The minimum Gasteiger partial charge on any atom is -0.337 e. The van der Waals surface area contributed by atoms with E-state index in [1.54, 1.807) is 22.7 Å². The number of hydrogen-bond donors (Lipinski definition) is 1. The van der Waals surface area contributed by atoms with E-state index in [-0.39, 0.29) is 18.3 Å². The molecule has 0 unspecified atom stereocenters. The molecule has 0 bridgehead atoms. The van der Waals surface area contributed by atoms with Gasteiger partial charge in [0.15, 0.2) is 0 Å². The van der Waals surface area contributed by atoms with Crippen molar-refractivity contribution in [3.63, 3.8) is 0 Å². The van der Waals surface area contributed by atoms with Crippen LogP contribution in [0.15, 0.2) is 36.4 Å². The number of carbonyl (C=O) groups excluding carboxylic acids is 1. The maximum atomic E-state index is 12.8. The van der Waals surface area contributed by atoms with Crippen molar-refractivity contribution in [1.82, 2.24) is 15.2 Å². The number of rotatable bonds is 2. The van der Waals surface area contributed by atoms with Crippen molar-refractivity contribution in [2.75, 3.05) is 26.2 Å². The lowest BCUT2D eigenvalue weighted by Gasteiger charge is -2.16. The number of likely N-dealkylation sites (tertiary alicyclic amines) is 1. The van der Waals surface area contributed by atoms with E-state index in [0.29, 0.717) is 11.8 Å². The van der Waals surface area contributed by atoms with E-state index < -0.39 is 0 Å². The number of halogens is 1. The van der Waals surface area contributed by atoms with Gasteiger partial charge in [-0.1, -0.05) is 12.1 Å². The number of benzene rings is 1. The number of hydrogen-bond acceptors (Lipinski definition) is 5. The zero-order chi connectivity index (χ0) is 16.1. The van der Waals surface area contributed by atoms with Crippen molar-refractivity contribution >= 4 is 51.2 Å². The van der Waals surface area contributed by atoms with Crippen molar-refractivity contribution in [3.05, 3.63) is 41.3 Å². The van der Waals surface area contributed by atoms with Crippen LogP contribution in [-0.2, 0) is 0 Å². The first kappa shape index (κ1) is 17.0. The molecule has 130 valence electrons. The van der Waals surface area contributed by atoms with Crippen LogP contribution in [0.25, 0.3) is 20.1 Å². The number of para-hydroxylation sites is 1. The maximum absolute atomic E-state index is 12.8. The van der Waals surface area contributed by atoms with Gasteiger partial charge in [0.2, 0.25) is 0 Å². The van der Waals surface area contributed by atoms with Crippen LogP contribution in [0.4, 0.5) is 0 Å². The summed E-state index contributed by atoms with van der Waals surface area (Å²) in [7, 11) is 0. The van der Waals surface area contributed by atoms with Gasteiger partial charge in [0, 0.05) is 26.2 Å². The molecule has 2 atom stereocenters. The summed E-state index contributed by atoms with van der Waals surface area (Å²) in [5.41, 5.74) is 1.03. The van der Waals surface area contributed by atoms with E-state index >= 15 is 0 Å². The standard InChI is InChI=1S/C18H17N3OS2.ClH/c22-18(21-9-11-7-19-8-12(11)10-21)16-6-5-15(23-16)17-20-13-3-1-2-4-14(13)24-17;/h1-6,11-12,19H,7-10H2;1H/t11-,12+;. The lowest BCUT2D eigenvalue weighted by atomic mass is 10.0. The molecule has 2 aliphatic rings. The minimum absolute atomic E-state index is 0. The Morgan fingerprint density at radius 1 is 1.08 bits per heavy atom. The molecule has 1 aromatic carbocycles. The van der Waals surface area contributed by atoms with Crippen LogP contribution in [-0.4, -0.2) is 42.0 Å². The van der Waals surface area contributed by atoms with Crippen LogP contribution in [0, 0.1) is 11.8 Å². The number of fused-ring (bicyclic) bond motifs is 2. The molecular weight excluding hydrogens is 374 g/mol. The number of carbonyl (C=O) groups is 1. The number of aromatic nitrogens is 1. The fourth-order valence-electron chi connectivity index (χ4n) is 3.72. The highest BCUT2D eigenvalue weighted by Crippen LogP contribution is 2.35. The van der Waals surface area contributed by atoms with Gasteiger partial charge < -0.3 is 10.2 Å². The van der Waals surface area contributed by atoms with Gasteiger partial charge in [0.05, 0.1) is 20.0 Å². The number of thiophene rings is 1. The molecule has 4 nitrogen and oxygen atoms in total. The van der Waals surface area contributed by atoms with Gasteiger partial charge in [0.1, 0.15) is 5.01 Å². The highest BCUT2D eigenvalue weighted by atomic mass is 35.5. The summed E-state index contributed by atoms with van der Waals surface area (Å²) < 4.78 is 1.19. The first-order valence-corrected chi connectivity index (χ1v) is 9.87. The molecule has 25 heavy (non-hydrogen) atoms. The third kappa shape index (κ3) is 2.97. The first-order chi connectivity index (χ1) is 11.8. The van der Waals surface area contributed by atoms with Crippen LogP contribution in [0.5, 0.6) is 0 Å². The average molecular weight is 392 g/mol. The Morgan fingerprint density at radius 2 is 1.84 bits per heavy atom. The van der Waals surface area contributed by atoms with Gasteiger partial charge in [0.25, 0.3) is 5.91 Å². The molecule has 2 aliphatic heterocycles.